The summed E-state index contributed by atoms with van der Waals surface area (Å²) in [6.07, 6.45) is 4.65. The van der Waals surface area contributed by atoms with Gasteiger partial charge in [0.1, 0.15) is 5.75 Å². The maximum absolute atomic E-state index is 12.6. The van der Waals surface area contributed by atoms with Crippen LogP contribution in [-0.2, 0) is 4.74 Å². The lowest BCUT2D eigenvalue weighted by molar-refractivity contribution is -0.0640. The number of carbonyl (C=O) groups excluding carboxylic acids is 1. The SMILES string of the molecule is CC(C)(O)COC1CCC(NC(=O)c2cnc3cc(OC(F)F)c(Cl)cc3c2)CC1.[HH]. The van der Waals surface area contributed by atoms with Gasteiger partial charge in [-0.3, -0.25) is 9.78 Å². The number of rotatable bonds is 7. The third kappa shape index (κ3) is 6.23. The molecule has 3 rings (SSSR count). The summed E-state index contributed by atoms with van der Waals surface area (Å²) in [5.74, 6) is -0.415. The van der Waals surface area contributed by atoms with E-state index >= 15 is 0 Å². The van der Waals surface area contributed by atoms with Gasteiger partial charge in [0.2, 0.25) is 0 Å². The van der Waals surface area contributed by atoms with Gasteiger partial charge in [-0.1, -0.05) is 11.6 Å². The van der Waals surface area contributed by atoms with Gasteiger partial charge in [-0.05, 0) is 51.7 Å². The molecule has 0 saturated heterocycles. The van der Waals surface area contributed by atoms with Crippen molar-refractivity contribution in [2.45, 2.75) is 63.9 Å². The van der Waals surface area contributed by atoms with Crippen molar-refractivity contribution in [3.05, 3.63) is 35.0 Å². The van der Waals surface area contributed by atoms with E-state index in [1.54, 1.807) is 19.9 Å². The minimum atomic E-state index is -2.99. The van der Waals surface area contributed by atoms with Crippen LogP contribution < -0.4 is 10.1 Å². The minimum Gasteiger partial charge on any atom is -0.433 e. The molecule has 2 aromatic rings. The zero-order chi connectivity index (χ0) is 21.9. The van der Waals surface area contributed by atoms with Crippen LogP contribution in [0.3, 0.4) is 0 Å². The first kappa shape index (κ1) is 22.7. The molecule has 0 aliphatic heterocycles. The summed E-state index contributed by atoms with van der Waals surface area (Å²) in [6.45, 7) is 0.706. The van der Waals surface area contributed by atoms with Crippen molar-refractivity contribution in [1.29, 1.82) is 0 Å². The largest absolute Gasteiger partial charge is 0.433 e. The van der Waals surface area contributed by atoms with Gasteiger partial charge in [0.05, 0.1) is 34.4 Å². The third-order valence-electron chi connectivity index (χ3n) is 4.89. The summed E-state index contributed by atoms with van der Waals surface area (Å²) in [4.78, 5) is 16.8. The second kappa shape index (κ2) is 9.41. The fourth-order valence-corrected chi connectivity index (χ4v) is 3.62. The van der Waals surface area contributed by atoms with E-state index in [0.717, 1.165) is 25.7 Å². The molecule has 1 aliphatic rings. The quantitative estimate of drug-likeness (QED) is 0.654. The van der Waals surface area contributed by atoms with Crippen LogP contribution in [0.25, 0.3) is 10.9 Å². The summed E-state index contributed by atoms with van der Waals surface area (Å²) in [6, 6.07) is 4.42. The van der Waals surface area contributed by atoms with Crippen LogP contribution in [0.2, 0.25) is 5.02 Å². The monoisotopic (exact) mass is 444 g/mol. The van der Waals surface area contributed by atoms with Gasteiger partial charge in [0.25, 0.3) is 5.91 Å². The van der Waals surface area contributed by atoms with Gasteiger partial charge in [-0.25, -0.2) is 0 Å². The Bertz CT molecular complexity index is 903. The second-order valence-corrected chi connectivity index (χ2v) is 8.56. The van der Waals surface area contributed by atoms with E-state index in [2.05, 4.69) is 15.0 Å². The highest BCUT2D eigenvalue weighted by Gasteiger charge is 2.25. The normalized spacial score (nSPS) is 19.8. The number of fused-ring (bicyclic) bond motifs is 1. The zero-order valence-corrected chi connectivity index (χ0v) is 17.6. The standard InChI is InChI=1S/C21H25ClF2N2O4.H2/c1-21(2,28)11-29-15-5-3-14(4-6-15)26-19(27)13-7-12-8-16(22)18(30-20(23)24)9-17(12)25-10-13;/h7-10,14-15,20,28H,3-6,11H2,1-2H3,(H,26,27);1H. The number of hydrogen-bond donors (Lipinski definition) is 2. The van der Waals surface area contributed by atoms with Crippen molar-refractivity contribution in [3.8, 4) is 5.75 Å². The molecular formula is C21H27ClF2N2O4. The molecule has 0 atom stereocenters. The molecule has 1 aromatic carbocycles. The van der Waals surface area contributed by atoms with Gasteiger partial charge < -0.3 is 19.9 Å². The highest BCUT2D eigenvalue weighted by molar-refractivity contribution is 6.32. The number of aromatic nitrogens is 1. The Kier molecular flexibility index (Phi) is 7.10. The lowest BCUT2D eigenvalue weighted by Crippen LogP contribution is -2.40. The first-order valence-corrected chi connectivity index (χ1v) is 10.2. The summed E-state index contributed by atoms with van der Waals surface area (Å²) in [5.41, 5.74) is -0.0961. The lowest BCUT2D eigenvalue weighted by Gasteiger charge is -2.30. The zero-order valence-electron chi connectivity index (χ0n) is 16.8. The lowest BCUT2D eigenvalue weighted by atomic mass is 9.92. The summed E-state index contributed by atoms with van der Waals surface area (Å²) >= 11 is 5.99. The van der Waals surface area contributed by atoms with Gasteiger partial charge in [0.15, 0.2) is 0 Å². The van der Waals surface area contributed by atoms with E-state index in [4.69, 9.17) is 16.3 Å². The number of pyridine rings is 1. The van der Waals surface area contributed by atoms with E-state index in [0.29, 0.717) is 16.5 Å². The van der Waals surface area contributed by atoms with E-state index in [1.807, 2.05) is 0 Å². The number of carbonyl (C=O) groups is 1. The van der Waals surface area contributed by atoms with Gasteiger partial charge >= 0.3 is 6.61 Å². The van der Waals surface area contributed by atoms with Crippen molar-refractivity contribution in [3.63, 3.8) is 0 Å². The topological polar surface area (TPSA) is 80.7 Å². The van der Waals surface area contributed by atoms with E-state index in [1.165, 1.54) is 18.3 Å². The smallest absolute Gasteiger partial charge is 0.387 e. The number of nitrogens with one attached hydrogen (secondary N) is 1. The molecular weight excluding hydrogens is 418 g/mol. The number of benzene rings is 1. The van der Waals surface area contributed by atoms with Crippen LogP contribution in [0.5, 0.6) is 5.75 Å². The molecule has 9 heteroatoms. The second-order valence-electron chi connectivity index (χ2n) is 8.15. The Morgan fingerprint density at radius 3 is 2.67 bits per heavy atom. The number of ether oxygens (including phenoxy) is 2. The summed E-state index contributed by atoms with van der Waals surface area (Å²) in [5, 5.41) is 13.3. The average Bonchev–Trinajstić information content (AvgIpc) is 2.66. The molecule has 1 heterocycles. The molecule has 0 unspecified atom stereocenters. The van der Waals surface area contributed by atoms with Crippen LogP contribution in [-0.4, -0.2) is 47.0 Å². The summed E-state index contributed by atoms with van der Waals surface area (Å²) in [7, 11) is 0. The number of amides is 1. The Labute approximate surface area is 180 Å². The third-order valence-corrected chi connectivity index (χ3v) is 5.19. The van der Waals surface area contributed by atoms with Crippen molar-refractivity contribution >= 4 is 28.4 Å². The maximum atomic E-state index is 12.6. The average molecular weight is 445 g/mol. The molecule has 0 bridgehead atoms. The molecule has 6 nitrogen and oxygen atoms in total. The van der Waals surface area contributed by atoms with E-state index in [-0.39, 0.29) is 36.9 Å². The molecule has 1 aliphatic carbocycles. The van der Waals surface area contributed by atoms with Crippen LogP contribution in [0.4, 0.5) is 8.78 Å². The Morgan fingerprint density at radius 2 is 2.03 bits per heavy atom. The molecule has 1 amide bonds. The number of aliphatic hydroxyl groups is 1. The number of halogens is 3. The molecule has 30 heavy (non-hydrogen) atoms. The number of nitrogens with zero attached hydrogens (tertiary/aromatic N) is 1. The van der Waals surface area contributed by atoms with Crippen molar-refractivity contribution in [2.24, 2.45) is 0 Å². The number of alkyl halides is 2. The molecule has 166 valence electrons. The van der Waals surface area contributed by atoms with Crippen molar-refractivity contribution in [2.75, 3.05) is 6.61 Å². The maximum Gasteiger partial charge on any atom is 0.387 e. The van der Waals surface area contributed by atoms with Crippen LogP contribution in [0.15, 0.2) is 24.4 Å². The Hall–Kier alpha value is -2.03. The van der Waals surface area contributed by atoms with Gasteiger partial charge in [-0.15, -0.1) is 0 Å². The van der Waals surface area contributed by atoms with Gasteiger partial charge in [-0.2, -0.15) is 8.78 Å². The molecule has 1 saturated carbocycles. The van der Waals surface area contributed by atoms with Crippen LogP contribution >= 0.6 is 11.6 Å². The van der Waals surface area contributed by atoms with E-state index < -0.39 is 12.2 Å². The number of hydrogen-bond acceptors (Lipinski definition) is 5. The molecule has 0 spiro atoms. The fourth-order valence-electron chi connectivity index (χ4n) is 3.40. The Morgan fingerprint density at radius 1 is 1.33 bits per heavy atom. The van der Waals surface area contributed by atoms with Crippen molar-refractivity contribution in [1.82, 2.24) is 10.3 Å². The molecule has 1 aromatic heterocycles. The summed E-state index contributed by atoms with van der Waals surface area (Å²) < 4.78 is 35.0. The van der Waals surface area contributed by atoms with Crippen LogP contribution in [0, 0.1) is 0 Å². The van der Waals surface area contributed by atoms with Gasteiger partial charge in [0, 0.05) is 25.1 Å². The fraction of sp³-hybridized carbons (Fsp3) is 0.524. The van der Waals surface area contributed by atoms with Crippen LogP contribution in [0.1, 0.15) is 51.3 Å². The first-order valence-electron chi connectivity index (χ1n) is 9.80. The first-order chi connectivity index (χ1) is 14.1. The highest BCUT2D eigenvalue weighted by atomic mass is 35.5. The predicted molar refractivity (Wildman–Crippen MR) is 111 cm³/mol. The molecule has 1 fully saturated rings. The van der Waals surface area contributed by atoms with Crippen molar-refractivity contribution < 1.29 is 29.6 Å². The Balaban J connectivity index is 0.00000341. The predicted octanol–water partition coefficient (Wildman–Crippen LogP) is 4.56. The highest BCUT2D eigenvalue weighted by Crippen LogP contribution is 2.31. The van der Waals surface area contributed by atoms with E-state index in [9.17, 15) is 18.7 Å². The minimum absolute atomic E-state index is 0. The molecule has 2 N–H and O–H groups in total. The molecule has 0 radical (unpaired) electrons.